The molecule has 0 bridgehead atoms. The SMILES string of the molecule is CC(C)Cc1nnc([C@H](C)N[C@H](C)c2ccccc2Cl)o1. The molecule has 0 aliphatic heterocycles. The summed E-state index contributed by atoms with van der Waals surface area (Å²) in [4.78, 5) is 0. The van der Waals surface area contributed by atoms with Crippen molar-refractivity contribution in [1.29, 1.82) is 0 Å². The van der Waals surface area contributed by atoms with Crippen LogP contribution in [0.5, 0.6) is 0 Å². The van der Waals surface area contributed by atoms with Crippen LogP contribution in [0.2, 0.25) is 5.02 Å². The largest absolute Gasteiger partial charge is 0.424 e. The lowest BCUT2D eigenvalue weighted by Gasteiger charge is -2.18. The summed E-state index contributed by atoms with van der Waals surface area (Å²) in [6, 6.07) is 7.91. The van der Waals surface area contributed by atoms with Crippen molar-refractivity contribution in [2.45, 2.75) is 46.2 Å². The molecule has 0 spiro atoms. The molecule has 0 unspecified atom stereocenters. The van der Waals surface area contributed by atoms with Gasteiger partial charge in [0.25, 0.3) is 0 Å². The van der Waals surface area contributed by atoms with E-state index < -0.39 is 0 Å². The van der Waals surface area contributed by atoms with E-state index >= 15 is 0 Å². The number of nitrogens with one attached hydrogen (secondary N) is 1. The molecule has 21 heavy (non-hydrogen) atoms. The summed E-state index contributed by atoms with van der Waals surface area (Å²) in [6.07, 6.45) is 0.805. The van der Waals surface area contributed by atoms with E-state index in [1.807, 2.05) is 31.2 Å². The Labute approximate surface area is 130 Å². The second-order valence-corrected chi connectivity index (χ2v) is 6.17. The highest BCUT2D eigenvalue weighted by molar-refractivity contribution is 6.31. The van der Waals surface area contributed by atoms with Crippen molar-refractivity contribution >= 4 is 11.6 Å². The first kappa shape index (κ1) is 16.0. The molecule has 2 rings (SSSR count). The summed E-state index contributed by atoms with van der Waals surface area (Å²) in [5.74, 6) is 1.81. The lowest BCUT2D eigenvalue weighted by atomic mass is 10.1. The molecule has 0 saturated carbocycles. The van der Waals surface area contributed by atoms with E-state index in [4.69, 9.17) is 16.0 Å². The fraction of sp³-hybridized carbons (Fsp3) is 0.500. The maximum atomic E-state index is 6.22. The number of benzene rings is 1. The maximum Gasteiger partial charge on any atom is 0.233 e. The second kappa shape index (κ2) is 7.05. The zero-order valence-electron chi connectivity index (χ0n) is 12.9. The van der Waals surface area contributed by atoms with E-state index in [0.717, 1.165) is 17.0 Å². The summed E-state index contributed by atoms with van der Waals surface area (Å²) >= 11 is 6.22. The van der Waals surface area contributed by atoms with E-state index in [0.29, 0.717) is 17.7 Å². The first-order valence-electron chi connectivity index (χ1n) is 7.30. The third kappa shape index (κ3) is 4.29. The molecule has 2 atom stereocenters. The van der Waals surface area contributed by atoms with Crippen molar-refractivity contribution in [2.24, 2.45) is 5.92 Å². The van der Waals surface area contributed by atoms with Gasteiger partial charge in [-0.25, -0.2) is 0 Å². The van der Waals surface area contributed by atoms with Gasteiger partial charge in [-0.15, -0.1) is 10.2 Å². The van der Waals surface area contributed by atoms with Gasteiger partial charge in [0.15, 0.2) is 0 Å². The molecule has 1 aromatic carbocycles. The quantitative estimate of drug-likeness (QED) is 0.863. The first-order valence-corrected chi connectivity index (χ1v) is 7.68. The minimum Gasteiger partial charge on any atom is -0.424 e. The monoisotopic (exact) mass is 307 g/mol. The van der Waals surface area contributed by atoms with Crippen molar-refractivity contribution in [2.75, 3.05) is 0 Å². The van der Waals surface area contributed by atoms with Gasteiger partial charge in [0.2, 0.25) is 11.8 Å². The number of hydrogen-bond donors (Lipinski definition) is 1. The number of halogens is 1. The highest BCUT2D eigenvalue weighted by Crippen LogP contribution is 2.25. The average Bonchev–Trinajstić information content (AvgIpc) is 2.86. The van der Waals surface area contributed by atoms with Gasteiger partial charge in [0, 0.05) is 17.5 Å². The highest BCUT2D eigenvalue weighted by atomic mass is 35.5. The summed E-state index contributed by atoms with van der Waals surface area (Å²) in [5, 5.41) is 12.4. The second-order valence-electron chi connectivity index (χ2n) is 5.76. The third-order valence-corrected chi connectivity index (χ3v) is 3.65. The van der Waals surface area contributed by atoms with Crippen LogP contribution in [0, 0.1) is 5.92 Å². The third-order valence-electron chi connectivity index (χ3n) is 3.31. The number of nitrogens with zero attached hydrogens (tertiary/aromatic N) is 2. The van der Waals surface area contributed by atoms with Crippen LogP contribution in [-0.4, -0.2) is 10.2 Å². The molecule has 0 radical (unpaired) electrons. The Hall–Kier alpha value is -1.39. The predicted molar refractivity (Wildman–Crippen MR) is 84.3 cm³/mol. The lowest BCUT2D eigenvalue weighted by Crippen LogP contribution is -2.23. The molecule has 0 aliphatic rings. The van der Waals surface area contributed by atoms with Crippen LogP contribution < -0.4 is 5.32 Å². The van der Waals surface area contributed by atoms with Gasteiger partial charge in [-0.1, -0.05) is 43.6 Å². The zero-order chi connectivity index (χ0) is 15.4. The summed E-state index contributed by atoms with van der Waals surface area (Å²) in [7, 11) is 0. The summed E-state index contributed by atoms with van der Waals surface area (Å²) < 4.78 is 5.71. The Morgan fingerprint density at radius 1 is 1.10 bits per heavy atom. The molecular weight excluding hydrogens is 286 g/mol. The lowest BCUT2D eigenvalue weighted by molar-refractivity contribution is 0.364. The van der Waals surface area contributed by atoms with Crippen LogP contribution in [0.25, 0.3) is 0 Å². The topological polar surface area (TPSA) is 51.0 Å². The summed E-state index contributed by atoms with van der Waals surface area (Å²) in [5.41, 5.74) is 1.06. The van der Waals surface area contributed by atoms with Gasteiger partial charge in [0.05, 0.1) is 6.04 Å². The van der Waals surface area contributed by atoms with E-state index in [2.05, 4.69) is 36.3 Å². The van der Waals surface area contributed by atoms with Crippen molar-refractivity contribution in [3.05, 3.63) is 46.6 Å². The van der Waals surface area contributed by atoms with Gasteiger partial charge in [0.1, 0.15) is 0 Å². The Balaban J connectivity index is 2.02. The van der Waals surface area contributed by atoms with E-state index in [1.165, 1.54) is 0 Å². The highest BCUT2D eigenvalue weighted by Gasteiger charge is 2.18. The molecule has 0 saturated heterocycles. The fourth-order valence-corrected chi connectivity index (χ4v) is 2.54. The van der Waals surface area contributed by atoms with Gasteiger partial charge in [-0.05, 0) is 31.4 Å². The average molecular weight is 308 g/mol. The van der Waals surface area contributed by atoms with E-state index in [1.54, 1.807) is 0 Å². The van der Waals surface area contributed by atoms with Crippen LogP contribution in [0.1, 0.15) is 57.1 Å². The van der Waals surface area contributed by atoms with Crippen molar-refractivity contribution in [1.82, 2.24) is 15.5 Å². The standard InChI is InChI=1S/C16H22ClN3O/c1-10(2)9-15-19-20-16(21-15)12(4)18-11(3)13-7-5-6-8-14(13)17/h5-8,10-12,18H,9H2,1-4H3/t11-,12+/m1/s1. The fourth-order valence-electron chi connectivity index (χ4n) is 2.24. The molecule has 2 aromatic rings. The van der Waals surface area contributed by atoms with Crippen molar-refractivity contribution in [3.63, 3.8) is 0 Å². The Morgan fingerprint density at radius 3 is 2.48 bits per heavy atom. The van der Waals surface area contributed by atoms with Crippen LogP contribution in [-0.2, 0) is 6.42 Å². The van der Waals surface area contributed by atoms with Crippen LogP contribution in [0.3, 0.4) is 0 Å². The Bertz CT molecular complexity index is 582. The molecule has 1 heterocycles. The van der Waals surface area contributed by atoms with Gasteiger partial charge >= 0.3 is 0 Å². The number of rotatable bonds is 6. The van der Waals surface area contributed by atoms with Gasteiger partial charge in [-0.2, -0.15) is 0 Å². The predicted octanol–water partition coefficient (Wildman–Crippen LogP) is 4.33. The molecule has 0 aliphatic carbocycles. The van der Waals surface area contributed by atoms with Crippen LogP contribution in [0.4, 0.5) is 0 Å². The minimum atomic E-state index is -0.0234. The molecule has 1 aromatic heterocycles. The molecule has 5 heteroatoms. The van der Waals surface area contributed by atoms with Crippen LogP contribution in [0.15, 0.2) is 28.7 Å². The minimum absolute atomic E-state index is 0.0234. The van der Waals surface area contributed by atoms with E-state index in [9.17, 15) is 0 Å². The Kier molecular flexibility index (Phi) is 5.37. The van der Waals surface area contributed by atoms with Crippen molar-refractivity contribution in [3.8, 4) is 0 Å². The Morgan fingerprint density at radius 2 is 1.81 bits per heavy atom. The normalized spacial score (nSPS) is 14.4. The van der Waals surface area contributed by atoms with Gasteiger partial charge in [-0.3, -0.25) is 5.32 Å². The van der Waals surface area contributed by atoms with Gasteiger partial charge < -0.3 is 4.42 Å². The zero-order valence-corrected chi connectivity index (χ0v) is 13.7. The van der Waals surface area contributed by atoms with Crippen molar-refractivity contribution < 1.29 is 4.42 Å². The maximum absolute atomic E-state index is 6.22. The smallest absolute Gasteiger partial charge is 0.233 e. The molecule has 0 amide bonds. The number of aromatic nitrogens is 2. The first-order chi connectivity index (χ1) is 9.97. The number of hydrogen-bond acceptors (Lipinski definition) is 4. The van der Waals surface area contributed by atoms with Crippen LogP contribution >= 0.6 is 11.6 Å². The van der Waals surface area contributed by atoms with E-state index in [-0.39, 0.29) is 12.1 Å². The summed E-state index contributed by atoms with van der Waals surface area (Å²) in [6.45, 7) is 8.35. The molecule has 1 N–H and O–H groups in total. The molecular formula is C16H22ClN3O. The molecule has 0 fully saturated rings. The molecule has 114 valence electrons. The molecule has 4 nitrogen and oxygen atoms in total.